The Bertz CT molecular complexity index is 726. The Morgan fingerprint density at radius 3 is 2.70 bits per heavy atom. The van der Waals surface area contributed by atoms with E-state index >= 15 is 0 Å². The van der Waals surface area contributed by atoms with Crippen molar-refractivity contribution < 1.29 is 9.63 Å². The fourth-order valence-corrected chi connectivity index (χ4v) is 2.07. The van der Waals surface area contributed by atoms with Crippen molar-refractivity contribution in [3.63, 3.8) is 0 Å². The van der Waals surface area contributed by atoms with Crippen LogP contribution >= 0.6 is 11.6 Å². The van der Waals surface area contributed by atoms with E-state index in [0.717, 1.165) is 5.56 Å². The molecule has 4 nitrogen and oxygen atoms in total. The Morgan fingerprint density at radius 1 is 1.10 bits per heavy atom. The molecule has 3 rings (SSSR count). The number of hydrogen-bond donors (Lipinski definition) is 1. The summed E-state index contributed by atoms with van der Waals surface area (Å²) in [5.41, 5.74) is 1.53. The van der Waals surface area contributed by atoms with Gasteiger partial charge in [0.1, 0.15) is 5.75 Å². The number of aromatic nitrogens is 2. The van der Waals surface area contributed by atoms with Crippen molar-refractivity contribution in [2.75, 3.05) is 0 Å². The third-order valence-corrected chi connectivity index (χ3v) is 3.10. The van der Waals surface area contributed by atoms with E-state index in [9.17, 15) is 5.11 Å². The third kappa shape index (κ3) is 2.65. The van der Waals surface area contributed by atoms with Gasteiger partial charge in [-0.25, -0.2) is 0 Å². The molecule has 2 aromatic carbocycles. The quantitative estimate of drug-likeness (QED) is 0.798. The summed E-state index contributed by atoms with van der Waals surface area (Å²) >= 11 is 5.90. The van der Waals surface area contributed by atoms with E-state index in [1.54, 1.807) is 12.1 Å². The first-order valence-electron chi connectivity index (χ1n) is 6.08. The molecule has 1 heterocycles. The summed E-state index contributed by atoms with van der Waals surface area (Å²) in [6, 6.07) is 14.5. The maximum atomic E-state index is 9.80. The fourth-order valence-electron chi connectivity index (χ4n) is 1.89. The van der Waals surface area contributed by atoms with Gasteiger partial charge < -0.3 is 9.63 Å². The standard InChI is InChI=1S/C15H11ClN2O2/c16-11-6-7-13(19)12(9-11)15-17-14(18-20-15)8-10-4-2-1-3-5-10/h1-7,9,19H,8H2. The number of rotatable bonds is 3. The summed E-state index contributed by atoms with van der Waals surface area (Å²) in [4.78, 5) is 4.28. The normalized spacial score (nSPS) is 10.7. The molecule has 0 amide bonds. The Hall–Kier alpha value is -2.33. The second-order valence-corrected chi connectivity index (χ2v) is 4.78. The highest BCUT2D eigenvalue weighted by Crippen LogP contribution is 2.30. The minimum atomic E-state index is 0.0595. The number of halogens is 1. The zero-order chi connectivity index (χ0) is 13.9. The average molecular weight is 287 g/mol. The molecule has 5 heteroatoms. The highest BCUT2D eigenvalue weighted by atomic mass is 35.5. The summed E-state index contributed by atoms with van der Waals surface area (Å²) in [6.07, 6.45) is 0.575. The lowest BCUT2D eigenvalue weighted by Gasteiger charge is -1.99. The molecule has 0 saturated carbocycles. The van der Waals surface area contributed by atoms with Crippen LogP contribution in [-0.2, 0) is 6.42 Å². The van der Waals surface area contributed by atoms with Gasteiger partial charge >= 0.3 is 0 Å². The van der Waals surface area contributed by atoms with Gasteiger partial charge in [-0.05, 0) is 23.8 Å². The summed E-state index contributed by atoms with van der Waals surface area (Å²) in [5.74, 6) is 0.880. The molecule has 1 aromatic heterocycles. The lowest BCUT2D eigenvalue weighted by Crippen LogP contribution is -1.90. The topological polar surface area (TPSA) is 59.2 Å². The van der Waals surface area contributed by atoms with Crippen LogP contribution in [0.25, 0.3) is 11.5 Å². The lowest BCUT2D eigenvalue weighted by atomic mass is 10.1. The second-order valence-electron chi connectivity index (χ2n) is 4.34. The molecule has 20 heavy (non-hydrogen) atoms. The Kier molecular flexibility index (Phi) is 3.39. The van der Waals surface area contributed by atoms with Crippen LogP contribution in [0.15, 0.2) is 53.1 Å². The molecule has 3 aromatic rings. The van der Waals surface area contributed by atoms with E-state index in [-0.39, 0.29) is 11.6 Å². The van der Waals surface area contributed by atoms with Crippen LogP contribution in [0.5, 0.6) is 5.75 Å². The fraction of sp³-hybridized carbons (Fsp3) is 0.0667. The molecular weight excluding hydrogens is 276 g/mol. The SMILES string of the molecule is Oc1ccc(Cl)cc1-c1nc(Cc2ccccc2)no1. The van der Waals surface area contributed by atoms with Gasteiger partial charge in [-0.3, -0.25) is 0 Å². The minimum absolute atomic E-state index is 0.0595. The second kappa shape index (κ2) is 5.35. The van der Waals surface area contributed by atoms with Crippen molar-refractivity contribution in [2.24, 2.45) is 0 Å². The first-order valence-corrected chi connectivity index (χ1v) is 6.45. The maximum Gasteiger partial charge on any atom is 0.261 e. The van der Waals surface area contributed by atoms with Crippen molar-refractivity contribution in [1.82, 2.24) is 10.1 Å². The van der Waals surface area contributed by atoms with E-state index in [1.807, 2.05) is 30.3 Å². The van der Waals surface area contributed by atoms with Crippen molar-refractivity contribution in [3.05, 3.63) is 64.9 Å². The van der Waals surface area contributed by atoms with Gasteiger partial charge in [0.25, 0.3) is 5.89 Å². The van der Waals surface area contributed by atoms with Crippen LogP contribution in [0.3, 0.4) is 0 Å². The number of phenols is 1. The third-order valence-electron chi connectivity index (χ3n) is 2.86. The monoisotopic (exact) mass is 286 g/mol. The van der Waals surface area contributed by atoms with E-state index in [4.69, 9.17) is 16.1 Å². The maximum absolute atomic E-state index is 9.80. The first kappa shape index (κ1) is 12.7. The molecule has 0 aliphatic rings. The summed E-state index contributed by atoms with van der Waals surface area (Å²) < 4.78 is 5.18. The number of hydrogen-bond acceptors (Lipinski definition) is 4. The van der Waals surface area contributed by atoms with Crippen LogP contribution in [0.2, 0.25) is 5.02 Å². The molecule has 1 N–H and O–H groups in total. The van der Waals surface area contributed by atoms with Gasteiger partial charge in [-0.15, -0.1) is 0 Å². The first-order chi connectivity index (χ1) is 9.72. The molecule has 0 radical (unpaired) electrons. The highest BCUT2D eigenvalue weighted by Gasteiger charge is 2.13. The summed E-state index contributed by atoms with van der Waals surface area (Å²) in [7, 11) is 0. The van der Waals surface area contributed by atoms with Crippen molar-refractivity contribution in [2.45, 2.75) is 6.42 Å². The average Bonchev–Trinajstić information content (AvgIpc) is 2.91. The zero-order valence-corrected chi connectivity index (χ0v) is 11.2. The Morgan fingerprint density at radius 2 is 1.90 bits per heavy atom. The molecule has 100 valence electrons. The van der Waals surface area contributed by atoms with Gasteiger partial charge in [-0.1, -0.05) is 47.1 Å². The van der Waals surface area contributed by atoms with Crippen molar-refractivity contribution in [3.8, 4) is 17.2 Å². The largest absolute Gasteiger partial charge is 0.507 e. The van der Waals surface area contributed by atoms with Gasteiger partial charge in [0.15, 0.2) is 5.82 Å². The summed E-state index contributed by atoms with van der Waals surface area (Å²) in [5, 5.41) is 14.2. The van der Waals surface area contributed by atoms with Crippen molar-refractivity contribution >= 4 is 11.6 Å². The Balaban J connectivity index is 1.88. The van der Waals surface area contributed by atoms with E-state index in [1.165, 1.54) is 6.07 Å². The summed E-state index contributed by atoms with van der Waals surface area (Å²) in [6.45, 7) is 0. The van der Waals surface area contributed by atoms with Gasteiger partial charge in [0.2, 0.25) is 0 Å². The molecule has 0 aliphatic carbocycles. The lowest BCUT2D eigenvalue weighted by molar-refractivity contribution is 0.418. The highest BCUT2D eigenvalue weighted by molar-refractivity contribution is 6.30. The van der Waals surface area contributed by atoms with E-state index in [0.29, 0.717) is 22.8 Å². The predicted octanol–water partition coefficient (Wildman–Crippen LogP) is 3.69. The number of nitrogens with zero attached hydrogens (tertiary/aromatic N) is 2. The minimum Gasteiger partial charge on any atom is -0.507 e. The number of benzene rings is 2. The zero-order valence-electron chi connectivity index (χ0n) is 10.5. The van der Waals surface area contributed by atoms with Crippen LogP contribution in [0.4, 0.5) is 0 Å². The number of phenolic OH excluding ortho intramolecular Hbond substituents is 1. The Labute approximate surface area is 120 Å². The molecule has 0 spiro atoms. The smallest absolute Gasteiger partial charge is 0.261 e. The van der Waals surface area contributed by atoms with Crippen LogP contribution < -0.4 is 0 Å². The molecule has 0 fully saturated rings. The molecular formula is C15H11ClN2O2. The predicted molar refractivity (Wildman–Crippen MR) is 75.7 cm³/mol. The molecule has 0 aliphatic heterocycles. The van der Waals surface area contributed by atoms with Crippen LogP contribution in [-0.4, -0.2) is 15.2 Å². The molecule has 0 atom stereocenters. The molecule has 0 unspecified atom stereocenters. The molecule has 0 bridgehead atoms. The van der Waals surface area contributed by atoms with Crippen LogP contribution in [0.1, 0.15) is 11.4 Å². The van der Waals surface area contributed by atoms with Crippen molar-refractivity contribution in [1.29, 1.82) is 0 Å². The molecule has 0 saturated heterocycles. The number of aromatic hydroxyl groups is 1. The van der Waals surface area contributed by atoms with Crippen LogP contribution in [0, 0.1) is 0 Å². The van der Waals surface area contributed by atoms with E-state index < -0.39 is 0 Å². The van der Waals surface area contributed by atoms with Gasteiger partial charge in [0, 0.05) is 11.4 Å². The van der Waals surface area contributed by atoms with E-state index in [2.05, 4.69) is 10.1 Å². The van der Waals surface area contributed by atoms with Gasteiger partial charge in [0.05, 0.1) is 5.56 Å². The van der Waals surface area contributed by atoms with Gasteiger partial charge in [-0.2, -0.15) is 4.98 Å².